The average Bonchev–Trinajstić information content (AvgIpc) is 2.33. The van der Waals surface area contributed by atoms with E-state index in [0.717, 1.165) is 11.6 Å². The number of carbonyl (C=O) groups is 1. The third-order valence-corrected chi connectivity index (χ3v) is 2.95. The van der Waals surface area contributed by atoms with Crippen molar-refractivity contribution in [2.45, 2.75) is 6.92 Å². The molecule has 1 amide bonds. The van der Waals surface area contributed by atoms with E-state index in [1.807, 2.05) is 13.0 Å². The fourth-order valence-electron chi connectivity index (χ4n) is 1.72. The van der Waals surface area contributed by atoms with Gasteiger partial charge in [0.1, 0.15) is 5.82 Å². The van der Waals surface area contributed by atoms with Crippen LogP contribution in [-0.2, 0) is 0 Å². The molecule has 0 radical (unpaired) electrons. The van der Waals surface area contributed by atoms with E-state index in [2.05, 4.69) is 5.32 Å². The van der Waals surface area contributed by atoms with Crippen LogP contribution < -0.4 is 11.1 Å². The summed E-state index contributed by atoms with van der Waals surface area (Å²) in [5.41, 5.74) is 7.43. The van der Waals surface area contributed by atoms with Crippen molar-refractivity contribution in [2.75, 3.05) is 11.1 Å². The summed E-state index contributed by atoms with van der Waals surface area (Å²) in [7, 11) is 0. The predicted octanol–water partition coefficient (Wildman–Crippen LogP) is 3.62. The summed E-state index contributed by atoms with van der Waals surface area (Å²) in [5.74, 6) is -1.23. The van der Waals surface area contributed by atoms with E-state index < -0.39 is 11.7 Å². The molecule has 0 aliphatic heterocycles. The maximum atomic E-state index is 13.6. The summed E-state index contributed by atoms with van der Waals surface area (Å²) in [4.78, 5) is 12.0. The number of halogens is 2. The Balaban J connectivity index is 2.31. The normalized spacial score (nSPS) is 10.3. The first kappa shape index (κ1) is 13.4. The highest BCUT2D eigenvalue weighted by Crippen LogP contribution is 2.24. The zero-order chi connectivity index (χ0) is 14.0. The number of nitrogens with one attached hydrogen (secondary N) is 1. The van der Waals surface area contributed by atoms with Crippen molar-refractivity contribution in [3.05, 3.63) is 58.4 Å². The molecule has 0 bridgehead atoms. The SMILES string of the molecule is Cc1cccc(N)c1NC(=O)c1ccc(Cl)cc1F. The highest BCUT2D eigenvalue weighted by atomic mass is 35.5. The van der Waals surface area contributed by atoms with Crippen molar-refractivity contribution < 1.29 is 9.18 Å². The number of hydrogen-bond acceptors (Lipinski definition) is 2. The molecule has 0 aliphatic carbocycles. The van der Waals surface area contributed by atoms with Gasteiger partial charge in [0.15, 0.2) is 0 Å². The van der Waals surface area contributed by atoms with Gasteiger partial charge in [-0.3, -0.25) is 4.79 Å². The molecular formula is C14H12ClFN2O. The summed E-state index contributed by atoms with van der Waals surface area (Å²) in [5, 5.41) is 2.85. The van der Waals surface area contributed by atoms with Gasteiger partial charge in [0, 0.05) is 5.02 Å². The number of aryl methyl sites for hydroxylation is 1. The van der Waals surface area contributed by atoms with Crippen LogP contribution in [0.2, 0.25) is 5.02 Å². The van der Waals surface area contributed by atoms with Gasteiger partial charge in [0.2, 0.25) is 0 Å². The van der Waals surface area contributed by atoms with Crippen LogP contribution in [0.5, 0.6) is 0 Å². The molecule has 0 unspecified atom stereocenters. The fourth-order valence-corrected chi connectivity index (χ4v) is 1.87. The quantitative estimate of drug-likeness (QED) is 0.824. The average molecular weight is 279 g/mol. The number of nitrogen functional groups attached to an aromatic ring is 1. The van der Waals surface area contributed by atoms with Gasteiger partial charge < -0.3 is 11.1 Å². The van der Waals surface area contributed by atoms with E-state index in [0.29, 0.717) is 11.4 Å². The number of anilines is 2. The summed E-state index contributed by atoms with van der Waals surface area (Å²) >= 11 is 5.64. The molecule has 0 aliphatic rings. The molecule has 2 aromatic rings. The Bertz CT molecular complexity index is 623. The molecule has 0 fully saturated rings. The molecule has 3 N–H and O–H groups in total. The molecule has 0 saturated heterocycles. The second kappa shape index (κ2) is 5.28. The topological polar surface area (TPSA) is 55.1 Å². The van der Waals surface area contributed by atoms with Crippen LogP contribution in [0.25, 0.3) is 0 Å². The van der Waals surface area contributed by atoms with Gasteiger partial charge in [0.05, 0.1) is 16.9 Å². The van der Waals surface area contributed by atoms with E-state index in [-0.39, 0.29) is 10.6 Å². The van der Waals surface area contributed by atoms with Crippen molar-refractivity contribution in [3.8, 4) is 0 Å². The largest absolute Gasteiger partial charge is 0.397 e. The van der Waals surface area contributed by atoms with Crippen molar-refractivity contribution in [1.82, 2.24) is 0 Å². The smallest absolute Gasteiger partial charge is 0.258 e. The van der Waals surface area contributed by atoms with E-state index in [1.54, 1.807) is 12.1 Å². The number of rotatable bonds is 2. The van der Waals surface area contributed by atoms with Gasteiger partial charge in [-0.25, -0.2) is 4.39 Å². The van der Waals surface area contributed by atoms with Crippen LogP contribution in [0, 0.1) is 12.7 Å². The number of nitrogens with two attached hydrogens (primary N) is 1. The lowest BCUT2D eigenvalue weighted by Gasteiger charge is -2.11. The van der Waals surface area contributed by atoms with Crippen LogP contribution in [0.3, 0.4) is 0 Å². The van der Waals surface area contributed by atoms with Gasteiger partial charge in [-0.2, -0.15) is 0 Å². The van der Waals surface area contributed by atoms with Gasteiger partial charge >= 0.3 is 0 Å². The maximum absolute atomic E-state index is 13.6. The molecular weight excluding hydrogens is 267 g/mol. The number of benzene rings is 2. The lowest BCUT2D eigenvalue weighted by atomic mass is 10.1. The molecule has 2 aromatic carbocycles. The fraction of sp³-hybridized carbons (Fsp3) is 0.0714. The summed E-state index contributed by atoms with van der Waals surface area (Å²) in [6.07, 6.45) is 0. The molecule has 98 valence electrons. The predicted molar refractivity (Wildman–Crippen MR) is 75.0 cm³/mol. The number of hydrogen-bond donors (Lipinski definition) is 2. The van der Waals surface area contributed by atoms with Gasteiger partial charge in [-0.05, 0) is 36.8 Å². The maximum Gasteiger partial charge on any atom is 0.258 e. The zero-order valence-electron chi connectivity index (χ0n) is 10.2. The van der Waals surface area contributed by atoms with Crippen molar-refractivity contribution in [2.24, 2.45) is 0 Å². The van der Waals surface area contributed by atoms with Crippen LogP contribution in [0.4, 0.5) is 15.8 Å². The Kier molecular flexibility index (Phi) is 3.71. The zero-order valence-corrected chi connectivity index (χ0v) is 11.0. The Labute approximate surface area is 115 Å². The van der Waals surface area contributed by atoms with Crippen LogP contribution in [0.15, 0.2) is 36.4 Å². The van der Waals surface area contributed by atoms with E-state index in [1.165, 1.54) is 12.1 Å². The first-order chi connectivity index (χ1) is 8.99. The van der Waals surface area contributed by atoms with Gasteiger partial charge in [0.25, 0.3) is 5.91 Å². The minimum absolute atomic E-state index is 0.0768. The third-order valence-electron chi connectivity index (χ3n) is 2.72. The molecule has 0 spiro atoms. The molecule has 19 heavy (non-hydrogen) atoms. The van der Waals surface area contributed by atoms with Gasteiger partial charge in [-0.15, -0.1) is 0 Å². The van der Waals surface area contributed by atoms with Crippen molar-refractivity contribution in [1.29, 1.82) is 0 Å². The lowest BCUT2D eigenvalue weighted by molar-refractivity contribution is 0.102. The Morgan fingerprint density at radius 1 is 1.32 bits per heavy atom. The van der Waals surface area contributed by atoms with Crippen molar-refractivity contribution in [3.63, 3.8) is 0 Å². The number of carbonyl (C=O) groups excluding carboxylic acids is 1. The van der Waals surface area contributed by atoms with E-state index >= 15 is 0 Å². The molecule has 0 saturated carbocycles. The highest BCUT2D eigenvalue weighted by Gasteiger charge is 2.14. The molecule has 0 atom stereocenters. The molecule has 0 heterocycles. The summed E-state index contributed by atoms with van der Waals surface area (Å²) in [6, 6.07) is 9.15. The van der Waals surface area contributed by atoms with Crippen LogP contribution in [-0.4, -0.2) is 5.91 Å². The van der Waals surface area contributed by atoms with E-state index in [4.69, 9.17) is 17.3 Å². The Morgan fingerprint density at radius 2 is 2.05 bits per heavy atom. The summed E-state index contributed by atoms with van der Waals surface area (Å²) in [6.45, 7) is 1.81. The monoisotopic (exact) mass is 278 g/mol. The van der Waals surface area contributed by atoms with Crippen LogP contribution in [0.1, 0.15) is 15.9 Å². The third kappa shape index (κ3) is 2.85. The minimum atomic E-state index is -0.669. The second-order valence-electron chi connectivity index (χ2n) is 4.12. The van der Waals surface area contributed by atoms with Crippen molar-refractivity contribution >= 4 is 28.9 Å². The Morgan fingerprint density at radius 3 is 2.68 bits per heavy atom. The summed E-state index contributed by atoms with van der Waals surface area (Å²) < 4.78 is 13.6. The number of amides is 1. The second-order valence-corrected chi connectivity index (χ2v) is 4.55. The van der Waals surface area contributed by atoms with Crippen LogP contribution >= 0.6 is 11.6 Å². The number of para-hydroxylation sites is 1. The first-order valence-electron chi connectivity index (χ1n) is 5.60. The van der Waals surface area contributed by atoms with Gasteiger partial charge in [-0.1, -0.05) is 23.7 Å². The standard InChI is InChI=1S/C14H12ClFN2O/c1-8-3-2-4-12(17)13(8)18-14(19)10-6-5-9(15)7-11(10)16/h2-7H,17H2,1H3,(H,18,19). The molecule has 5 heteroatoms. The van der Waals surface area contributed by atoms with E-state index in [9.17, 15) is 9.18 Å². The lowest BCUT2D eigenvalue weighted by Crippen LogP contribution is -2.15. The molecule has 2 rings (SSSR count). The molecule has 3 nitrogen and oxygen atoms in total. The first-order valence-corrected chi connectivity index (χ1v) is 5.98. The Hall–Kier alpha value is -2.07. The minimum Gasteiger partial charge on any atom is -0.397 e. The molecule has 0 aromatic heterocycles. The highest BCUT2D eigenvalue weighted by molar-refractivity contribution is 6.30.